The Morgan fingerprint density at radius 3 is 2.09 bits per heavy atom. The van der Waals surface area contributed by atoms with Crippen LogP contribution < -0.4 is 11.1 Å². The lowest BCUT2D eigenvalue weighted by atomic mass is 9.54. The summed E-state index contributed by atoms with van der Waals surface area (Å²) in [6.45, 7) is 0. The molecule has 4 heteroatoms. The van der Waals surface area contributed by atoms with Crippen LogP contribution in [-0.2, 0) is 11.2 Å². The molecule has 1 aromatic rings. The second-order valence-electron chi connectivity index (χ2n) is 7.44. The molecule has 0 aliphatic heterocycles. The highest BCUT2D eigenvalue weighted by atomic mass is 35.5. The third-order valence-electron chi connectivity index (χ3n) is 5.90. The van der Waals surface area contributed by atoms with Crippen LogP contribution in [0, 0.1) is 23.7 Å². The summed E-state index contributed by atoms with van der Waals surface area (Å²) in [5, 5.41) is 3.35. The summed E-state index contributed by atoms with van der Waals surface area (Å²) in [6, 6.07) is 8.08. The highest BCUT2D eigenvalue weighted by Gasteiger charge is 2.48. The number of hydrogen-bond acceptors (Lipinski definition) is 2. The van der Waals surface area contributed by atoms with Gasteiger partial charge in [0.15, 0.2) is 0 Å². The van der Waals surface area contributed by atoms with Crippen LogP contribution in [0.15, 0.2) is 24.3 Å². The van der Waals surface area contributed by atoms with Crippen LogP contribution in [0.25, 0.3) is 0 Å². The number of amides is 1. The summed E-state index contributed by atoms with van der Waals surface area (Å²) in [7, 11) is 0. The second kappa shape index (κ2) is 6.11. The Bertz CT molecular complexity index is 515. The van der Waals surface area contributed by atoms with Crippen molar-refractivity contribution in [1.82, 2.24) is 5.32 Å². The maximum absolute atomic E-state index is 12.3. The number of benzene rings is 1. The number of carbonyl (C=O) groups excluding carboxylic acids is 1. The van der Waals surface area contributed by atoms with Gasteiger partial charge in [-0.2, -0.15) is 0 Å². The van der Waals surface area contributed by atoms with Gasteiger partial charge >= 0.3 is 0 Å². The second-order valence-corrected chi connectivity index (χ2v) is 7.44. The van der Waals surface area contributed by atoms with Gasteiger partial charge < -0.3 is 11.1 Å². The molecular formula is C18H25ClN2O. The Morgan fingerprint density at radius 1 is 1.00 bits per heavy atom. The first-order valence-corrected chi connectivity index (χ1v) is 8.31. The van der Waals surface area contributed by atoms with E-state index in [1.54, 1.807) is 0 Å². The van der Waals surface area contributed by atoms with Gasteiger partial charge in [0.1, 0.15) is 0 Å². The topological polar surface area (TPSA) is 55.1 Å². The Kier molecular flexibility index (Phi) is 4.35. The Labute approximate surface area is 138 Å². The zero-order valence-electron chi connectivity index (χ0n) is 12.8. The largest absolute Gasteiger partial charge is 0.399 e. The van der Waals surface area contributed by atoms with Crippen molar-refractivity contribution in [1.29, 1.82) is 0 Å². The average molecular weight is 321 g/mol. The van der Waals surface area contributed by atoms with E-state index in [0.29, 0.717) is 12.5 Å². The lowest BCUT2D eigenvalue weighted by Gasteiger charge is -2.54. The molecule has 4 aliphatic rings. The SMILES string of the molecule is Cl.Nc1ccc(CC(=O)NC2C3CC4CC(C3)CC2C4)cc1. The fourth-order valence-corrected chi connectivity index (χ4v) is 5.22. The predicted octanol–water partition coefficient (Wildman–Crippen LogP) is 3.17. The van der Waals surface area contributed by atoms with Crippen LogP contribution in [0.3, 0.4) is 0 Å². The van der Waals surface area contributed by atoms with E-state index >= 15 is 0 Å². The number of rotatable bonds is 3. The minimum absolute atomic E-state index is 0. The van der Waals surface area contributed by atoms with Crippen molar-refractivity contribution in [2.24, 2.45) is 23.7 Å². The van der Waals surface area contributed by atoms with Gasteiger partial charge in [-0.1, -0.05) is 12.1 Å². The molecule has 1 aromatic carbocycles. The van der Waals surface area contributed by atoms with Gasteiger partial charge in [0.25, 0.3) is 0 Å². The zero-order valence-corrected chi connectivity index (χ0v) is 13.6. The fourth-order valence-electron chi connectivity index (χ4n) is 5.22. The van der Waals surface area contributed by atoms with E-state index in [2.05, 4.69) is 5.32 Å². The van der Waals surface area contributed by atoms with Gasteiger partial charge in [-0.05, 0) is 73.5 Å². The van der Waals surface area contributed by atoms with Crippen LogP contribution in [0.4, 0.5) is 5.69 Å². The molecule has 0 unspecified atom stereocenters. The minimum atomic E-state index is 0. The summed E-state index contributed by atoms with van der Waals surface area (Å²) in [4.78, 5) is 12.3. The van der Waals surface area contributed by atoms with E-state index in [9.17, 15) is 4.79 Å². The molecule has 0 radical (unpaired) electrons. The van der Waals surface area contributed by atoms with E-state index in [-0.39, 0.29) is 18.3 Å². The third kappa shape index (κ3) is 2.96. The Balaban J connectivity index is 0.00000144. The molecule has 4 bridgehead atoms. The Morgan fingerprint density at radius 2 is 1.55 bits per heavy atom. The Hall–Kier alpha value is -1.22. The molecule has 4 fully saturated rings. The summed E-state index contributed by atoms with van der Waals surface area (Å²) >= 11 is 0. The first kappa shape index (κ1) is 15.7. The number of carbonyl (C=O) groups is 1. The van der Waals surface area contributed by atoms with Crippen LogP contribution >= 0.6 is 12.4 Å². The van der Waals surface area contributed by atoms with Crippen molar-refractivity contribution in [2.45, 2.75) is 44.6 Å². The van der Waals surface area contributed by atoms with Crippen molar-refractivity contribution in [3.63, 3.8) is 0 Å². The van der Waals surface area contributed by atoms with Crippen molar-refractivity contribution in [2.75, 3.05) is 5.73 Å². The van der Waals surface area contributed by atoms with Crippen molar-refractivity contribution < 1.29 is 4.79 Å². The molecular weight excluding hydrogens is 296 g/mol. The van der Waals surface area contributed by atoms with Gasteiger partial charge in [-0.15, -0.1) is 12.4 Å². The van der Waals surface area contributed by atoms with Gasteiger partial charge in [0, 0.05) is 11.7 Å². The molecule has 4 saturated carbocycles. The van der Waals surface area contributed by atoms with Crippen LogP contribution in [-0.4, -0.2) is 11.9 Å². The van der Waals surface area contributed by atoms with E-state index in [1.165, 1.54) is 32.1 Å². The van der Waals surface area contributed by atoms with Crippen LogP contribution in [0.5, 0.6) is 0 Å². The fraction of sp³-hybridized carbons (Fsp3) is 0.611. The monoisotopic (exact) mass is 320 g/mol. The highest BCUT2D eigenvalue weighted by molar-refractivity contribution is 5.85. The zero-order chi connectivity index (χ0) is 14.4. The van der Waals surface area contributed by atoms with Gasteiger partial charge in [-0.25, -0.2) is 0 Å². The molecule has 1 amide bonds. The summed E-state index contributed by atoms with van der Waals surface area (Å²) in [5.74, 6) is 3.58. The maximum Gasteiger partial charge on any atom is 0.224 e. The van der Waals surface area contributed by atoms with E-state index in [4.69, 9.17) is 5.73 Å². The predicted molar refractivity (Wildman–Crippen MR) is 90.8 cm³/mol. The molecule has 0 heterocycles. The molecule has 120 valence electrons. The quantitative estimate of drug-likeness (QED) is 0.840. The van der Waals surface area contributed by atoms with E-state index in [1.807, 2.05) is 24.3 Å². The average Bonchev–Trinajstić information content (AvgIpc) is 2.45. The molecule has 0 saturated heterocycles. The van der Waals surface area contributed by atoms with E-state index < -0.39 is 0 Å². The van der Waals surface area contributed by atoms with Gasteiger partial charge in [-0.3, -0.25) is 4.79 Å². The smallest absolute Gasteiger partial charge is 0.224 e. The van der Waals surface area contributed by atoms with E-state index in [0.717, 1.165) is 34.9 Å². The number of anilines is 1. The summed E-state index contributed by atoms with van der Waals surface area (Å²) in [5.41, 5.74) is 7.48. The molecule has 22 heavy (non-hydrogen) atoms. The normalized spacial score (nSPS) is 35.0. The molecule has 3 nitrogen and oxygen atoms in total. The maximum atomic E-state index is 12.3. The molecule has 3 N–H and O–H groups in total. The molecule has 5 rings (SSSR count). The molecule has 0 spiro atoms. The molecule has 0 aromatic heterocycles. The van der Waals surface area contributed by atoms with Crippen molar-refractivity contribution in [3.8, 4) is 0 Å². The van der Waals surface area contributed by atoms with Gasteiger partial charge in [0.05, 0.1) is 6.42 Å². The van der Waals surface area contributed by atoms with Crippen molar-refractivity contribution in [3.05, 3.63) is 29.8 Å². The first-order chi connectivity index (χ1) is 10.2. The first-order valence-electron chi connectivity index (χ1n) is 8.31. The minimum Gasteiger partial charge on any atom is -0.399 e. The molecule has 4 aliphatic carbocycles. The summed E-state index contributed by atoms with van der Waals surface area (Å²) in [6.07, 6.45) is 7.32. The number of hydrogen-bond donors (Lipinski definition) is 2. The lowest BCUT2D eigenvalue weighted by Crippen LogP contribution is -2.56. The van der Waals surface area contributed by atoms with Crippen molar-refractivity contribution >= 4 is 24.0 Å². The molecule has 0 atom stereocenters. The lowest BCUT2D eigenvalue weighted by molar-refractivity contribution is -0.124. The standard InChI is InChI=1S/C18H24N2O.ClH/c19-16-3-1-11(2-4-16)10-17(21)20-18-14-6-12-5-13(8-14)9-15(18)7-12;/h1-4,12-15,18H,5-10,19H2,(H,20,21);1H. The number of nitrogen functional groups attached to an aromatic ring is 1. The number of nitrogens with one attached hydrogen (secondary N) is 1. The number of nitrogens with two attached hydrogens (primary N) is 1. The van der Waals surface area contributed by atoms with Crippen LogP contribution in [0.2, 0.25) is 0 Å². The van der Waals surface area contributed by atoms with Crippen LogP contribution in [0.1, 0.15) is 37.7 Å². The summed E-state index contributed by atoms with van der Waals surface area (Å²) < 4.78 is 0. The highest BCUT2D eigenvalue weighted by Crippen LogP contribution is 2.53. The third-order valence-corrected chi connectivity index (χ3v) is 5.90. The number of halogens is 1. The van der Waals surface area contributed by atoms with Gasteiger partial charge in [0.2, 0.25) is 5.91 Å².